The normalized spacial score (nSPS) is 10.0. The van der Waals surface area contributed by atoms with Crippen molar-refractivity contribution in [3.05, 3.63) is 59.2 Å². The first-order valence-corrected chi connectivity index (χ1v) is 6.84. The lowest BCUT2D eigenvalue weighted by atomic mass is 10.1. The van der Waals surface area contributed by atoms with Crippen LogP contribution in [-0.4, -0.2) is 13.1 Å². The Morgan fingerprint density at radius 2 is 1.90 bits per heavy atom. The average molecular weight is 284 g/mol. The zero-order valence-electron chi connectivity index (χ0n) is 12.6. The van der Waals surface area contributed by atoms with Crippen LogP contribution >= 0.6 is 0 Å². The lowest BCUT2D eigenvalue weighted by Gasteiger charge is -2.12. The van der Waals surface area contributed by atoms with E-state index < -0.39 is 0 Å². The van der Waals surface area contributed by atoms with Gasteiger partial charge in [0.05, 0.1) is 12.8 Å². The average Bonchev–Trinajstić information content (AvgIpc) is 2.47. The monoisotopic (exact) mass is 284 g/mol. The number of rotatable bonds is 4. The first-order chi connectivity index (χ1) is 10.1. The Balaban J connectivity index is 1.96. The molecule has 0 saturated carbocycles. The summed E-state index contributed by atoms with van der Waals surface area (Å²) in [6, 6.07) is 13.2. The molecule has 2 N–H and O–H groups in total. The highest BCUT2D eigenvalue weighted by molar-refractivity contribution is 5.90. The Hall–Kier alpha value is -2.49. The van der Waals surface area contributed by atoms with E-state index in [1.54, 1.807) is 19.2 Å². The fraction of sp³-hybridized carbons (Fsp3) is 0.235. The number of anilines is 1. The van der Waals surface area contributed by atoms with Gasteiger partial charge in [-0.1, -0.05) is 35.9 Å². The number of nitrogens with one attached hydrogen (secondary N) is 2. The summed E-state index contributed by atoms with van der Waals surface area (Å²) in [5.74, 6) is 0.638. The van der Waals surface area contributed by atoms with Gasteiger partial charge in [-0.2, -0.15) is 0 Å². The number of hydrogen-bond donors (Lipinski definition) is 2. The van der Waals surface area contributed by atoms with Gasteiger partial charge in [0.1, 0.15) is 5.75 Å². The molecule has 2 aromatic rings. The first-order valence-electron chi connectivity index (χ1n) is 6.84. The van der Waals surface area contributed by atoms with Crippen LogP contribution in [0.3, 0.4) is 0 Å². The molecule has 0 aromatic heterocycles. The van der Waals surface area contributed by atoms with Gasteiger partial charge in [-0.05, 0) is 37.1 Å². The topological polar surface area (TPSA) is 50.4 Å². The van der Waals surface area contributed by atoms with E-state index in [2.05, 4.69) is 23.6 Å². The van der Waals surface area contributed by atoms with Gasteiger partial charge in [-0.3, -0.25) is 0 Å². The maximum Gasteiger partial charge on any atom is 0.319 e. The third-order valence-electron chi connectivity index (χ3n) is 3.29. The fourth-order valence-electron chi connectivity index (χ4n) is 2.13. The van der Waals surface area contributed by atoms with Crippen LogP contribution in [0.2, 0.25) is 0 Å². The SMILES string of the molecule is COc1ccccc1NC(=O)NCc1ccc(C)cc1C. The number of benzene rings is 2. The quantitative estimate of drug-likeness (QED) is 0.900. The van der Waals surface area contributed by atoms with Crippen LogP contribution in [0.25, 0.3) is 0 Å². The number of para-hydroxylation sites is 2. The van der Waals surface area contributed by atoms with Crippen molar-refractivity contribution in [3.63, 3.8) is 0 Å². The van der Waals surface area contributed by atoms with E-state index in [0.717, 1.165) is 5.56 Å². The zero-order valence-corrected chi connectivity index (χ0v) is 12.6. The van der Waals surface area contributed by atoms with E-state index in [1.165, 1.54) is 11.1 Å². The van der Waals surface area contributed by atoms with Crippen molar-refractivity contribution < 1.29 is 9.53 Å². The van der Waals surface area contributed by atoms with Crippen molar-refractivity contribution in [2.24, 2.45) is 0 Å². The molecule has 0 aliphatic rings. The lowest BCUT2D eigenvalue weighted by Crippen LogP contribution is -2.28. The van der Waals surface area contributed by atoms with E-state index in [9.17, 15) is 4.79 Å². The van der Waals surface area contributed by atoms with Gasteiger partial charge in [0.2, 0.25) is 0 Å². The van der Waals surface area contributed by atoms with E-state index in [-0.39, 0.29) is 6.03 Å². The minimum atomic E-state index is -0.250. The standard InChI is InChI=1S/C17H20N2O2/c1-12-8-9-14(13(2)10-12)11-18-17(20)19-15-6-4-5-7-16(15)21-3/h4-10H,11H2,1-3H3,(H2,18,19,20). The molecule has 0 spiro atoms. The molecule has 0 unspecified atom stereocenters. The largest absolute Gasteiger partial charge is 0.495 e. The molecule has 0 radical (unpaired) electrons. The number of hydrogen-bond acceptors (Lipinski definition) is 2. The highest BCUT2D eigenvalue weighted by Crippen LogP contribution is 2.22. The summed E-state index contributed by atoms with van der Waals surface area (Å²) in [6.07, 6.45) is 0. The van der Waals surface area contributed by atoms with Crippen LogP contribution in [0.4, 0.5) is 10.5 Å². The Kier molecular flexibility index (Phi) is 4.82. The number of ether oxygens (including phenoxy) is 1. The molecule has 2 rings (SSSR count). The van der Waals surface area contributed by atoms with E-state index in [1.807, 2.05) is 31.2 Å². The van der Waals surface area contributed by atoms with Crippen LogP contribution in [0.15, 0.2) is 42.5 Å². The number of aryl methyl sites for hydroxylation is 2. The van der Waals surface area contributed by atoms with Crippen LogP contribution in [-0.2, 0) is 6.54 Å². The molecule has 110 valence electrons. The van der Waals surface area contributed by atoms with Crippen LogP contribution in [0.1, 0.15) is 16.7 Å². The van der Waals surface area contributed by atoms with Gasteiger partial charge in [-0.25, -0.2) is 4.79 Å². The van der Waals surface area contributed by atoms with Gasteiger partial charge in [0.25, 0.3) is 0 Å². The molecule has 2 amide bonds. The molecule has 4 heteroatoms. The van der Waals surface area contributed by atoms with Gasteiger partial charge < -0.3 is 15.4 Å². The van der Waals surface area contributed by atoms with Crippen molar-refractivity contribution >= 4 is 11.7 Å². The Morgan fingerprint density at radius 1 is 1.14 bits per heavy atom. The molecule has 4 nitrogen and oxygen atoms in total. The van der Waals surface area contributed by atoms with Crippen molar-refractivity contribution in [1.82, 2.24) is 5.32 Å². The molecule has 0 aliphatic carbocycles. The van der Waals surface area contributed by atoms with Gasteiger partial charge >= 0.3 is 6.03 Å². The number of methoxy groups -OCH3 is 1. The second kappa shape index (κ2) is 6.79. The molecule has 21 heavy (non-hydrogen) atoms. The van der Waals surface area contributed by atoms with E-state index >= 15 is 0 Å². The maximum atomic E-state index is 12.0. The second-order valence-electron chi connectivity index (χ2n) is 4.94. The van der Waals surface area contributed by atoms with Gasteiger partial charge in [0.15, 0.2) is 0 Å². The molecule has 0 bridgehead atoms. The second-order valence-corrected chi connectivity index (χ2v) is 4.94. The molecular weight excluding hydrogens is 264 g/mol. The van der Waals surface area contributed by atoms with Crippen LogP contribution in [0, 0.1) is 13.8 Å². The Morgan fingerprint density at radius 3 is 2.62 bits per heavy atom. The van der Waals surface area contributed by atoms with E-state index in [4.69, 9.17) is 4.74 Å². The Labute approximate surface area is 125 Å². The van der Waals surface area contributed by atoms with Crippen molar-refractivity contribution in [2.45, 2.75) is 20.4 Å². The molecule has 0 atom stereocenters. The fourth-order valence-corrected chi connectivity index (χ4v) is 2.13. The van der Waals surface area contributed by atoms with Crippen molar-refractivity contribution in [3.8, 4) is 5.75 Å². The first kappa shape index (κ1) is 14.9. The molecule has 0 aliphatic heterocycles. The predicted molar refractivity (Wildman–Crippen MR) is 84.8 cm³/mol. The third-order valence-corrected chi connectivity index (χ3v) is 3.29. The number of carbonyl (C=O) groups is 1. The number of carbonyl (C=O) groups excluding carboxylic acids is 1. The predicted octanol–water partition coefficient (Wildman–Crippen LogP) is 3.63. The third kappa shape index (κ3) is 3.99. The van der Waals surface area contributed by atoms with Crippen molar-refractivity contribution in [1.29, 1.82) is 0 Å². The Bertz CT molecular complexity index is 638. The minimum Gasteiger partial charge on any atom is -0.495 e. The minimum absolute atomic E-state index is 0.250. The summed E-state index contributed by atoms with van der Waals surface area (Å²) in [6.45, 7) is 4.59. The van der Waals surface area contributed by atoms with E-state index in [0.29, 0.717) is 18.0 Å². The highest BCUT2D eigenvalue weighted by Gasteiger charge is 2.07. The molecule has 2 aromatic carbocycles. The van der Waals surface area contributed by atoms with Crippen LogP contribution < -0.4 is 15.4 Å². The molecule has 0 fully saturated rings. The maximum absolute atomic E-state index is 12.0. The summed E-state index contributed by atoms with van der Waals surface area (Å²) >= 11 is 0. The van der Waals surface area contributed by atoms with Gasteiger partial charge in [-0.15, -0.1) is 0 Å². The summed E-state index contributed by atoms with van der Waals surface area (Å²) in [7, 11) is 1.58. The summed E-state index contributed by atoms with van der Waals surface area (Å²) in [5, 5.41) is 5.64. The number of amides is 2. The summed E-state index contributed by atoms with van der Waals surface area (Å²) in [4.78, 5) is 12.0. The van der Waals surface area contributed by atoms with Crippen molar-refractivity contribution in [2.75, 3.05) is 12.4 Å². The highest BCUT2D eigenvalue weighted by atomic mass is 16.5. The molecule has 0 saturated heterocycles. The molecule has 0 heterocycles. The lowest BCUT2D eigenvalue weighted by molar-refractivity contribution is 0.251. The smallest absolute Gasteiger partial charge is 0.319 e. The number of urea groups is 1. The van der Waals surface area contributed by atoms with Gasteiger partial charge in [0, 0.05) is 6.54 Å². The summed E-state index contributed by atoms with van der Waals surface area (Å²) in [5.41, 5.74) is 4.15. The summed E-state index contributed by atoms with van der Waals surface area (Å²) < 4.78 is 5.20. The zero-order chi connectivity index (χ0) is 15.2. The van der Waals surface area contributed by atoms with Crippen LogP contribution in [0.5, 0.6) is 5.75 Å². The molecular formula is C17H20N2O2.